The van der Waals surface area contributed by atoms with Gasteiger partial charge in [0, 0.05) is 19.1 Å². The van der Waals surface area contributed by atoms with Crippen LogP contribution in [0.2, 0.25) is 0 Å². The second-order valence-corrected chi connectivity index (χ2v) is 15.0. The molecule has 0 aliphatic carbocycles. The summed E-state index contributed by atoms with van der Waals surface area (Å²) < 4.78 is 6.79. The average molecular weight is 671 g/mol. The molecule has 0 aromatic carbocycles. The highest BCUT2D eigenvalue weighted by Gasteiger charge is 2.07. The van der Waals surface area contributed by atoms with Crippen LogP contribution in [0.25, 0.3) is 0 Å². The Morgan fingerprint density at radius 2 is 0.896 bits per heavy atom. The first-order valence-corrected chi connectivity index (χ1v) is 20.7. The maximum atomic E-state index is 12.5. The van der Waals surface area contributed by atoms with Gasteiger partial charge in [-0.2, -0.15) is 0 Å². The van der Waals surface area contributed by atoms with E-state index in [1.807, 2.05) is 0 Å². The third-order valence-corrected chi connectivity index (χ3v) is 8.95. The smallest absolute Gasteiger partial charge is 0.145 e. The van der Waals surface area contributed by atoms with E-state index in [1.165, 1.54) is 128 Å². The van der Waals surface area contributed by atoms with Gasteiger partial charge in [-0.1, -0.05) is 152 Å². The van der Waals surface area contributed by atoms with Gasteiger partial charge in [0.2, 0.25) is 0 Å². The Balaban J connectivity index is 4.17. The van der Waals surface area contributed by atoms with E-state index in [0.29, 0.717) is 6.54 Å². The predicted octanol–water partition coefficient (Wildman–Crippen LogP) is 12.6. The van der Waals surface area contributed by atoms with Gasteiger partial charge in [0.05, 0.1) is 27.7 Å². The normalized spacial score (nSPS) is 13.1. The number of ether oxygens (including phenoxy) is 1. The summed E-state index contributed by atoms with van der Waals surface area (Å²) in [5, 5.41) is 12.5. The van der Waals surface area contributed by atoms with Crippen molar-refractivity contribution >= 4 is 6.08 Å². The Kier molecular flexibility index (Phi) is 35.1. The van der Waals surface area contributed by atoms with E-state index in [2.05, 4.69) is 88.6 Å². The molecule has 280 valence electrons. The predicted molar refractivity (Wildman–Crippen MR) is 213 cm³/mol. The molecule has 0 fully saturated rings. The lowest BCUT2D eigenvalue weighted by molar-refractivity contribution is -0.870. The van der Waals surface area contributed by atoms with E-state index in [0.717, 1.165) is 56.0 Å². The highest BCUT2D eigenvalue weighted by Crippen LogP contribution is 2.17. The van der Waals surface area contributed by atoms with Crippen LogP contribution >= 0.6 is 0 Å². The lowest BCUT2D eigenvalue weighted by Gasteiger charge is -2.27. The van der Waals surface area contributed by atoms with Gasteiger partial charge in [-0.05, 0) is 77.0 Å². The SMILES string of the molecule is CCCCC/C=C\C/C=C\CCCCCCCCC(CCCCCCCC/C=C\C/C=C\CCCCC)OC([O-])=NCCC[N+](C)(C)C. The summed E-state index contributed by atoms with van der Waals surface area (Å²) in [5.74, 6) is 0. The van der Waals surface area contributed by atoms with Gasteiger partial charge in [-0.25, -0.2) is 0 Å². The lowest BCUT2D eigenvalue weighted by Crippen LogP contribution is -2.35. The van der Waals surface area contributed by atoms with Crippen LogP contribution in [0.1, 0.15) is 187 Å². The van der Waals surface area contributed by atoms with Crippen molar-refractivity contribution in [3.63, 3.8) is 0 Å². The summed E-state index contributed by atoms with van der Waals surface area (Å²) in [5.41, 5.74) is 0. The van der Waals surface area contributed by atoms with Crippen molar-refractivity contribution in [2.24, 2.45) is 4.99 Å². The monoisotopic (exact) mass is 671 g/mol. The number of unbranched alkanes of at least 4 members (excludes halogenated alkanes) is 18. The molecule has 0 bridgehead atoms. The number of rotatable bonds is 35. The van der Waals surface area contributed by atoms with Gasteiger partial charge in [0.15, 0.2) is 0 Å². The standard InChI is InChI=1S/C44H82N2O2/c1-6-8-10-12-14-16-18-20-22-24-26-28-30-32-34-36-39-43(48-44(47)45-41-38-42-46(3,4)5)40-37-35-33-31-29-27-25-23-21-19-17-15-13-11-9-7-2/h14-17,20-23,43H,6-13,18-19,24-42H2,1-5H3/b16-14-,17-15-,22-20-,23-21-. The molecule has 48 heavy (non-hydrogen) atoms. The van der Waals surface area contributed by atoms with Crippen LogP contribution in [0.3, 0.4) is 0 Å². The van der Waals surface area contributed by atoms with Crippen LogP contribution in [0.5, 0.6) is 0 Å². The van der Waals surface area contributed by atoms with Crippen LogP contribution in [-0.2, 0) is 4.74 Å². The topological polar surface area (TPSA) is 44.6 Å². The van der Waals surface area contributed by atoms with Gasteiger partial charge in [-0.15, -0.1) is 0 Å². The minimum Gasteiger partial charge on any atom is -0.597 e. The van der Waals surface area contributed by atoms with Gasteiger partial charge in [-0.3, -0.25) is 4.99 Å². The van der Waals surface area contributed by atoms with Crippen molar-refractivity contribution < 1.29 is 14.3 Å². The molecule has 0 aliphatic rings. The van der Waals surface area contributed by atoms with E-state index in [-0.39, 0.29) is 12.2 Å². The number of aliphatic imine (C=N–C) groups is 1. The second-order valence-electron chi connectivity index (χ2n) is 15.0. The molecular formula is C44H82N2O2. The maximum absolute atomic E-state index is 12.5. The summed E-state index contributed by atoms with van der Waals surface area (Å²) in [6, 6.07) is 0. The summed E-state index contributed by atoms with van der Waals surface area (Å²) in [6.45, 7) is 6.10. The van der Waals surface area contributed by atoms with E-state index in [1.54, 1.807) is 0 Å². The molecular weight excluding hydrogens is 588 g/mol. The Labute approximate surface area is 300 Å². The number of hydrogen-bond donors (Lipinski definition) is 0. The van der Waals surface area contributed by atoms with Crippen LogP contribution < -0.4 is 5.11 Å². The maximum Gasteiger partial charge on any atom is 0.145 e. The Bertz CT molecular complexity index is 757. The van der Waals surface area contributed by atoms with Gasteiger partial charge in [0.1, 0.15) is 6.08 Å². The molecule has 0 aliphatic heterocycles. The molecule has 0 radical (unpaired) electrons. The Morgan fingerprint density at radius 1 is 0.521 bits per heavy atom. The first-order valence-electron chi connectivity index (χ1n) is 20.7. The summed E-state index contributed by atoms with van der Waals surface area (Å²) in [4.78, 5) is 4.23. The van der Waals surface area contributed by atoms with E-state index < -0.39 is 0 Å². The summed E-state index contributed by atoms with van der Waals surface area (Å²) in [6.07, 6.45) is 51.3. The van der Waals surface area contributed by atoms with Crippen molar-refractivity contribution in [1.82, 2.24) is 0 Å². The second kappa shape index (κ2) is 36.5. The molecule has 0 unspecified atom stereocenters. The van der Waals surface area contributed by atoms with E-state index in [4.69, 9.17) is 4.74 Å². The van der Waals surface area contributed by atoms with Gasteiger partial charge >= 0.3 is 0 Å². The molecule has 4 nitrogen and oxygen atoms in total. The zero-order valence-corrected chi connectivity index (χ0v) is 32.9. The van der Waals surface area contributed by atoms with Crippen LogP contribution in [-0.4, -0.2) is 50.9 Å². The van der Waals surface area contributed by atoms with Crippen molar-refractivity contribution in [2.45, 2.75) is 193 Å². The third-order valence-electron chi connectivity index (χ3n) is 8.95. The molecule has 0 amide bonds. The summed E-state index contributed by atoms with van der Waals surface area (Å²) in [7, 11) is 6.52. The number of nitrogens with zero attached hydrogens (tertiary/aromatic N) is 2. The average Bonchev–Trinajstić information content (AvgIpc) is 3.05. The zero-order valence-electron chi connectivity index (χ0n) is 32.9. The fraction of sp³-hybridized carbons (Fsp3) is 0.795. The first kappa shape index (κ1) is 46.2. The largest absolute Gasteiger partial charge is 0.597 e. The minimum absolute atomic E-state index is 0.0244. The molecule has 0 rings (SSSR count). The van der Waals surface area contributed by atoms with Crippen molar-refractivity contribution in [1.29, 1.82) is 0 Å². The minimum atomic E-state index is -0.346. The fourth-order valence-corrected chi connectivity index (χ4v) is 5.88. The van der Waals surface area contributed by atoms with Crippen molar-refractivity contribution in [3.05, 3.63) is 48.6 Å². The number of quaternary nitrogens is 1. The lowest BCUT2D eigenvalue weighted by atomic mass is 10.0. The molecule has 0 saturated carbocycles. The Hall–Kier alpha value is -1.81. The van der Waals surface area contributed by atoms with E-state index in [9.17, 15) is 5.11 Å². The first-order chi connectivity index (χ1) is 23.4. The fourth-order valence-electron chi connectivity index (χ4n) is 5.88. The van der Waals surface area contributed by atoms with Crippen LogP contribution in [0, 0.1) is 0 Å². The number of allylic oxidation sites excluding steroid dienone is 8. The molecule has 0 aromatic heterocycles. The molecule has 0 atom stereocenters. The van der Waals surface area contributed by atoms with Crippen LogP contribution in [0.4, 0.5) is 0 Å². The molecule has 0 saturated heterocycles. The zero-order chi connectivity index (χ0) is 35.2. The van der Waals surface area contributed by atoms with E-state index >= 15 is 0 Å². The number of hydrogen-bond acceptors (Lipinski definition) is 3. The molecule has 0 spiro atoms. The molecule has 4 heteroatoms. The van der Waals surface area contributed by atoms with Crippen molar-refractivity contribution in [3.8, 4) is 0 Å². The van der Waals surface area contributed by atoms with Crippen molar-refractivity contribution in [2.75, 3.05) is 34.2 Å². The highest BCUT2D eigenvalue weighted by molar-refractivity contribution is 5.61. The van der Waals surface area contributed by atoms with Crippen LogP contribution in [0.15, 0.2) is 53.6 Å². The molecule has 0 heterocycles. The summed E-state index contributed by atoms with van der Waals surface area (Å²) >= 11 is 0. The quantitative estimate of drug-likeness (QED) is 0.0221. The third kappa shape index (κ3) is 38.6. The Morgan fingerprint density at radius 3 is 1.29 bits per heavy atom. The van der Waals surface area contributed by atoms with Gasteiger partial charge in [0.25, 0.3) is 0 Å². The molecule has 0 aromatic rings. The van der Waals surface area contributed by atoms with Gasteiger partial charge < -0.3 is 14.3 Å². The molecule has 0 N–H and O–H groups in total. The highest BCUT2D eigenvalue weighted by atomic mass is 16.6.